The van der Waals surface area contributed by atoms with Gasteiger partial charge in [-0.15, -0.1) is 0 Å². The topological polar surface area (TPSA) is 20.2 Å². The van der Waals surface area contributed by atoms with Gasteiger partial charge in [-0.2, -0.15) is 0 Å². The average Bonchev–Trinajstić information content (AvgIpc) is 2.40. The van der Waals surface area contributed by atoms with Crippen LogP contribution < -0.4 is 0 Å². The van der Waals surface area contributed by atoms with E-state index in [1.807, 2.05) is 0 Å². The molecule has 0 aromatic heterocycles. The predicted octanol–water partition coefficient (Wildman–Crippen LogP) is 3.42. The monoisotopic (exact) mass is 266 g/mol. The van der Waals surface area contributed by atoms with Crippen molar-refractivity contribution in [2.75, 3.05) is 6.61 Å². The van der Waals surface area contributed by atoms with Gasteiger partial charge in [0.25, 0.3) is 0 Å². The van der Waals surface area contributed by atoms with Crippen LogP contribution in [-0.2, 0) is 6.42 Å². The van der Waals surface area contributed by atoms with Gasteiger partial charge in [0.2, 0.25) is 0 Å². The summed E-state index contributed by atoms with van der Waals surface area (Å²) >= 11 is 0. The number of hydrogen-bond donors (Lipinski definition) is 1. The maximum atomic E-state index is 13.6. The minimum absolute atomic E-state index is 0.115. The van der Waals surface area contributed by atoms with E-state index in [1.54, 1.807) is 6.07 Å². The third-order valence-corrected chi connectivity index (χ3v) is 3.04. The van der Waals surface area contributed by atoms with Crippen LogP contribution >= 0.6 is 0 Å². The molecule has 0 radical (unpaired) electrons. The Morgan fingerprint density at radius 3 is 2.42 bits per heavy atom. The minimum Gasteiger partial charge on any atom is -0.396 e. The number of aliphatic hydroxyl groups is 1. The van der Waals surface area contributed by atoms with Gasteiger partial charge >= 0.3 is 0 Å². The summed E-state index contributed by atoms with van der Waals surface area (Å²) in [6, 6.07) is 9.66. The standard InChI is InChI=1S/C15H13F3O/c16-13-5-1-3-10(8-13)12(9-19)7-11-4-2-6-14(17)15(11)18/h1-6,8,12,19H,7,9H2. The Labute approximate surface area is 109 Å². The minimum atomic E-state index is -0.923. The van der Waals surface area contributed by atoms with E-state index >= 15 is 0 Å². The van der Waals surface area contributed by atoms with Crippen LogP contribution in [0.3, 0.4) is 0 Å². The second-order valence-corrected chi connectivity index (χ2v) is 4.35. The molecule has 0 saturated carbocycles. The van der Waals surface area contributed by atoms with Crippen LogP contribution in [0.15, 0.2) is 42.5 Å². The molecule has 100 valence electrons. The van der Waals surface area contributed by atoms with Crippen molar-refractivity contribution in [3.63, 3.8) is 0 Å². The van der Waals surface area contributed by atoms with Gasteiger partial charge in [-0.3, -0.25) is 0 Å². The second kappa shape index (κ2) is 5.89. The van der Waals surface area contributed by atoms with Crippen LogP contribution in [-0.4, -0.2) is 11.7 Å². The molecule has 2 rings (SSSR count). The first kappa shape index (κ1) is 13.6. The van der Waals surface area contributed by atoms with Crippen LogP contribution in [0.25, 0.3) is 0 Å². The summed E-state index contributed by atoms with van der Waals surface area (Å²) in [4.78, 5) is 0. The molecule has 1 atom stereocenters. The lowest BCUT2D eigenvalue weighted by atomic mass is 9.92. The third kappa shape index (κ3) is 3.15. The van der Waals surface area contributed by atoms with Gasteiger partial charge in [0, 0.05) is 5.92 Å². The molecule has 0 aliphatic heterocycles. The van der Waals surface area contributed by atoms with Crippen molar-refractivity contribution in [2.24, 2.45) is 0 Å². The highest BCUT2D eigenvalue weighted by atomic mass is 19.2. The highest BCUT2D eigenvalue weighted by molar-refractivity contribution is 5.26. The van der Waals surface area contributed by atoms with Crippen LogP contribution in [0.2, 0.25) is 0 Å². The Kier molecular flexibility index (Phi) is 4.22. The molecule has 1 nitrogen and oxygen atoms in total. The molecule has 19 heavy (non-hydrogen) atoms. The number of hydrogen-bond acceptors (Lipinski definition) is 1. The highest BCUT2D eigenvalue weighted by Crippen LogP contribution is 2.23. The van der Waals surface area contributed by atoms with Gasteiger partial charge in [0.1, 0.15) is 5.82 Å². The van der Waals surface area contributed by atoms with Crippen LogP contribution in [0.5, 0.6) is 0 Å². The fourth-order valence-corrected chi connectivity index (χ4v) is 2.02. The maximum Gasteiger partial charge on any atom is 0.162 e. The molecule has 2 aromatic carbocycles. The highest BCUT2D eigenvalue weighted by Gasteiger charge is 2.16. The van der Waals surface area contributed by atoms with Gasteiger partial charge in [-0.25, -0.2) is 13.2 Å². The van der Waals surface area contributed by atoms with Crippen molar-refractivity contribution in [3.8, 4) is 0 Å². The fraction of sp³-hybridized carbons (Fsp3) is 0.200. The van der Waals surface area contributed by atoms with E-state index in [1.165, 1.54) is 30.3 Å². The lowest BCUT2D eigenvalue weighted by molar-refractivity contribution is 0.263. The molecule has 0 saturated heterocycles. The smallest absolute Gasteiger partial charge is 0.162 e. The SMILES string of the molecule is OCC(Cc1cccc(F)c1F)c1cccc(F)c1. The molecule has 4 heteroatoms. The largest absolute Gasteiger partial charge is 0.396 e. The third-order valence-electron chi connectivity index (χ3n) is 3.04. The molecule has 0 heterocycles. The average molecular weight is 266 g/mol. The Balaban J connectivity index is 2.26. The van der Waals surface area contributed by atoms with Crippen molar-refractivity contribution in [1.82, 2.24) is 0 Å². The summed E-state index contributed by atoms with van der Waals surface area (Å²) in [6.45, 7) is -0.264. The summed E-state index contributed by atoms with van der Waals surface area (Å²) in [6.07, 6.45) is 0.115. The molecule has 0 amide bonds. The van der Waals surface area contributed by atoms with E-state index in [0.717, 1.165) is 6.07 Å². The molecule has 1 N–H and O–H groups in total. The van der Waals surface area contributed by atoms with Crippen LogP contribution in [0, 0.1) is 17.5 Å². The van der Waals surface area contributed by atoms with Gasteiger partial charge in [-0.1, -0.05) is 24.3 Å². The first-order valence-electron chi connectivity index (χ1n) is 5.91. The van der Waals surface area contributed by atoms with Gasteiger partial charge in [0.05, 0.1) is 6.61 Å². The number of rotatable bonds is 4. The zero-order valence-corrected chi connectivity index (χ0v) is 10.1. The first-order valence-corrected chi connectivity index (χ1v) is 5.91. The van der Waals surface area contributed by atoms with Crippen molar-refractivity contribution in [2.45, 2.75) is 12.3 Å². The zero-order valence-electron chi connectivity index (χ0n) is 10.1. The van der Waals surface area contributed by atoms with Crippen molar-refractivity contribution in [1.29, 1.82) is 0 Å². The summed E-state index contributed by atoms with van der Waals surface area (Å²) in [7, 11) is 0. The Hall–Kier alpha value is -1.81. The normalized spacial score (nSPS) is 12.4. The summed E-state index contributed by atoms with van der Waals surface area (Å²) < 4.78 is 39.8. The molecular formula is C15H13F3O. The quantitative estimate of drug-likeness (QED) is 0.899. The van der Waals surface area contributed by atoms with Gasteiger partial charge in [0.15, 0.2) is 11.6 Å². The van der Waals surface area contributed by atoms with Crippen LogP contribution in [0.1, 0.15) is 17.0 Å². The van der Waals surface area contributed by atoms with E-state index in [9.17, 15) is 18.3 Å². The van der Waals surface area contributed by atoms with E-state index in [2.05, 4.69) is 0 Å². The second-order valence-electron chi connectivity index (χ2n) is 4.35. The molecule has 0 aliphatic rings. The summed E-state index contributed by atoms with van der Waals surface area (Å²) in [5.41, 5.74) is 0.731. The number of benzene rings is 2. The lowest BCUT2D eigenvalue weighted by Crippen LogP contribution is -2.09. The molecule has 0 bridgehead atoms. The predicted molar refractivity (Wildman–Crippen MR) is 66.3 cm³/mol. The first-order chi connectivity index (χ1) is 9.11. The molecular weight excluding hydrogens is 253 g/mol. The molecule has 0 fully saturated rings. The van der Waals surface area contributed by atoms with E-state index in [-0.39, 0.29) is 18.6 Å². The lowest BCUT2D eigenvalue weighted by Gasteiger charge is -2.15. The van der Waals surface area contributed by atoms with Crippen molar-refractivity contribution < 1.29 is 18.3 Å². The van der Waals surface area contributed by atoms with Crippen molar-refractivity contribution >= 4 is 0 Å². The summed E-state index contributed by atoms with van der Waals surface area (Å²) in [5.74, 6) is -2.73. The van der Waals surface area contributed by atoms with Crippen molar-refractivity contribution in [3.05, 3.63) is 71.0 Å². The molecule has 0 spiro atoms. The Bertz CT molecular complexity index is 569. The molecule has 2 aromatic rings. The Morgan fingerprint density at radius 2 is 1.74 bits per heavy atom. The summed E-state index contributed by atoms with van der Waals surface area (Å²) in [5, 5.41) is 9.35. The maximum absolute atomic E-state index is 13.6. The number of halogens is 3. The number of aliphatic hydroxyl groups excluding tert-OH is 1. The molecule has 1 unspecified atom stereocenters. The Morgan fingerprint density at radius 1 is 1.00 bits per heavy atom. The van der Waals surface area contributed by atoms with Crippen LogP contribution in [0.4, 0.5) is 13.2 Å². The zero-order chi connectivity index (χ0) is 13.8. The van der Waals surface area contributed by atoms with Gasteiger partial charge < -0.3 is 5.11 Å². The van der Waals surface area contributed by atoms with E-state index < -0.39 is 23.4 Å². The van der Waals surface area contributed by atoms with E-state index in [0.29, 0.717) is 5.56 Å². The van der Waals surface area contributed by atoms with Gasteiger partial charge in [-0.05, 0) is 35.7 Å². The molecule has 0 aliphatic carbocycles. The fourth-order valence-electron chi connectivity index (χ4n) is 2.02. The van der Waals surface area contributed by atoms with E-state index in [4.69, 9.17) is 0 Å².